The Labute approximate surface area is 100 Å². The van der Waals surface area contributed by atoms with Gasteiger partial charge in [-0.1, -0.05) is 17.7 Å². The third kappa shape index (κ3) is 1.79. The van der Waals surface area contributed by atoms with Crippen molar-refractivity contribution in [3.05, 3.63) is 28.8 Å². The lowest BCUT2D eigenvalue weighted by Crippen LogP contribution is -2.25. The molecule has 82 valence electrons. The lowest BCUT2D eigenvalue weighted by molar-refractivity contribution is -0.117. The monoisotopic (exact) mass is 233 g/mol. The van der Waals surface area contributed by atoms with Crippen LogP contribution in [0.25, 0.3) is 0 Å². The summed E-state index contributed by atoms with van der Waals surface area (Å²) in [5.74, 6) is 2.73. The van der Waals surface area contributed by atoms with Crippen molar-refractivity contribution < 1.29 is 4.79 Å². The van der Waals surface area contributed by atoms with E-state index in [0.29, 0.717) is 18.0 Å². The molecule has 2 nitrogen and oxygen atoms in total. The van der Waals surface area contributed by atoms with Crippen LogP contribution in [0.1, 0.15) is 12.0 Å². The van der Waals surface area contributed by atoms with Crippen molar-refractivity contribution in [1.82, 2.24) is 0 Å². The third-order valence-corrected chi connectivity index (χ3v) is 3.30. The molecule has 0 N–H and O–H groups in total. The van der Waals surface area contributed by atoms with Crippen LogP contribution in [0, 0.1) is 25.2 Å². The second kappa shape index (κ2) is 4.19. The molecule has 1 aromatic carbocycles. The summed E-state index contributed by atoms with van der Waals surface area (Å²) in [6, 6.07) is 5.57. The molecule has 1 saturated heterocycles. The molecule has 1 aromatic rings. The summed E-state index contributed by atoms with van der Waals surface area (Å²) >= 11 is 6.03. The molecule has 3 heteroatoms. The van der Waals surface area contributed by atoms with Gasteiger partial charge in [-0.3, -0.25) is 4.79 Å². The molecule has 1 aliphatic rings. The molecule has 1 heterocycles. The fourth-order valence-electron chi connectivity index (χ4n) is 1.94. The summed E-state index contributed by atoms with van der Waals surface area (Å²) in [7, 11) is 0. The maximum Gasteiger partial charge on any atom is 0.228 e. The number of nitrogens with zero attached hydrogens (tertiary/aromatic N) is 1. The van der Waals surface area contributed by atoms with E-state index >= 15 is 0 Å². The molecule has 2 rings (SSSR count). The fraction of sp³-hybridized carbons (Fsp3) is 0.308. The fourth-order valence-corrected chi connectivity index (χ4v) is 2.11. The van der Waals surface area contributed by atoms with E-state index in [-0.39, 0.29) is 11.8 Å². The van der Waals surface area contributed by atoms with Gasteiger partial charge >= 0.3 is 0 Å². The van der Waals surface area contributed by atoms with Crippen LogP contribution in [0.5, 0.6) is 0 Å². The van der Waals surface area contributed by atoms with Gasteiger partial charge in [-0.25, -0.2) is 0 Å². The molecule has 1 aliphatic heterocycles. The zero-order valence-corrected chi connectivity index (χ0v) is 9.79. The van der Waals surface area contributed by atoms with Crippen LogP contribution >= 0.6 is 11.6 Å². The molecule has 0 saturated carbocycles. The number of amides is 1. The Hall–Kier alpha value is -1.46. The highest BCUT2D eigenvalue weighted by molar-refractivity contribution is 6.31. The van der Waals surface area contributed by atoms with Crippen LogP contribution in [0.4, 0.5) is 5.69 Å². The number of carbonyl (C=O) groups excluding carboxylic acids is 1. The molecule has 1 atom stereocenters. The van der Waals surface area contributed by atoms with Crippen molar-refractivity contribution in [2.24, 2.45) is 5.92 Å². The number of terminal acetylenes is 1. The average molecular weight is 234 g/mol. The highest BCUT2D eigenvalue weighted by Gasteiger charge is 2.30. The van der Waals surface area contributed by atoms with Gasteiger partial charge in [0, 0.05) is 29.6 Å². The molecule has 16 heavy (non-hydrogen) atoms. The van der Waals surface area contributed by atoms with E-state index in [1.54, 1.807) is 4.90 Å². The van der Waals surface area contributed by atoms with E-state index in [1.165, 1.54) is 0 Å². The van der Waals surface area contributed by atoms with E-state index in [2.05, 4.69) is 5.92 Å². The summed E-state index contributed by atoms with van der Waals surface area (Å²) in [5, 5.41) is 0.675. The average Bonchev–Trinajstić information content (AvgIpc) is 2.64. The first kappa shape index (κ1) is 11.0. The van der Waals surface area contributed by atoms with Gasteiger partial charge in [0.05, 0.1) is 0 Å². The van der Waals surface area contributed by atoms with Gasteiger partial charge < -0.3 is 4.90 Å². The lowest BCUT2D eigenvalue weighted by atomic mass is 10.1. The molecule has 0 aromatic heterocycles. The highest BCUT2D eigenvalue weighted by atomic mass is 35.5. The Kier molecular flexibility index (Phi) is 2.89. The Morgan fingerprint density at radius 1 is 1.56 bits per heavy atom. The second-order valence-corrected chi connectivity index (χ2v) is 4.36. The summed E-state index contributed by atoms with van der Waals surface area (Å²) in [5.41, 5.74) is 1.80. The van der Waals surface area contributed by atoms with Crippen molar-refractivity contribution in [3.63, 3.8) is 0 Å². The Bertz CT molecular complexity index is 475. The molecule has 0 spiro atoms. The van der Waals surface area contributed by atoms with Gasteiger partial charge in [0.25, 0.3) is 0 Å². The minimum Gasteiger partial charge on any atom is -0.311 e. The zero-order valence-electron chi connectivity index (χ0n) is 9.03. The first-order valence-corrected chi connectivity index (χ1v) is 5.53. The second-order valence-electron chi connectivity index (χ2n) is 3.96. The number of carbonyl (C=O) groups is 1. The molecule has 0 radical (unpaired) electrons. The first-order chi connectivity index (χ1) is 7.63. The summed E-state index contributed by atoms with van der Waals surface area (Å²) in [6.07, 6.45) is 5.78. The SMILES string of the molecule is C#CC1CC(=O)N(c2cccc(Cl)c2C)C1. The van der Waals surface area contributed by atoms with Crippen molar-refractivity contribution >= 4 is 23.2 Å². The largest absolute Gasteiger partial charge is 0.311 e. The van der Waals surface area contributed by atoms with Crippen LogP contribution in [0.3, 0.4) is 0 Å². The number of halogens is 1. The van der Waals surface area contributed by atoms with Crippen molar-refractivity contribution in [1.29, 1.82) is 0 Å². The Balaban J connectivity index is 2.36. The van der Waals surface area contributed by atoms with E-state index in [1.807, 2.05) is 25.1 Å². The molecule has 1 fully saturated rings. The number of benzene rings is 1. The van der Waals surface area contributed by atoms with Crippen LogP contribution in [0.2, 0.25) is 5.02 Å². The van der Waals surface area contributed by atoms with Crippen LogP contribution in [0.15, 0.2) is 18.2 Å². The predicted molar refractivity (Wildman–Crippen MR) is 65.5 cm³/mol. The van der Waals surface area contributed by atoms with Crippen molar-refractivity contribution in [3.8, 4) is 12.3 Å². The minimum atomic E-state index is 0.0193. The smallest absolute Gasteiger partial charge is 0.228 e. The van der Waals surface area contributed by atoms with Gasteiger partial charge in [-0.2, -0.15) is 0 Å². The number of hydrogen-bond donors (Lipinski definition) is 0. The number of anilines is 1. The normalized spacial score (nSPS) is 19.9. The maximum absolute atomic E-state index is 11.8. The minimum absolute atomic E-state index is 0.0193. The zero-order chi connectivity index (χ0) is 11.7. The van der Waals surface area contributed by atoms with Gasteiger partial charge in [-0.05, 0) is 24.6 Å². The molecule has 0 aliphatic carbocycles. The Morgan fingerprint density at radius 2 is 2.31 bits per heavy atom. The first-order valence-electron chi connectivity index (χ1n) is 5.15. The molecule has 0 bridgehead atoms. The summed E-state index contributed by atoms with van der Waals surface area (Å²) < 4.78 is 0. The number of hydrogen-bond acceptors (Lipinski definition) is 1. The molecular weight excluding hydrogens is 222 g/mol. The van der Waals surface area contributed by atoms with Crippen molar-refractivity contribution in [2.75, 3.05) is 11.4 Å². The highest BCUT2D eigenvalue weighted by Crippen LogP contribution is 2.30. The van der Waals surface area contributed by atoms with Crippen LogP contribution in [-0.4, -0.2) is 12.5 Å². The lowest BCUT2D eigenvalue weighted by Gasteiger charge is -2.19. The molecule has 1 amide bonds. The maximum atomic E-state index is 11.8. The number of rotatable bonds is 1. The van der Waals surface area contributed by atoms with Gasteiger partial charge in [0.15, 0.2) is 0 Å². The Morgan fingerprint density at radius 3 is 2.94 bits per heavy atom. The topological polar surface area (TPSA) is 20.3 Å². The van der Waals surface area contributed by atoms with E-state index in [0.717, 1.165) is 11.3 Å². The van der Waals surface area contributed by atoms with E-state index in [4.69, 9.17) is 18.0 Å². The van der Waals surface area contributed by atoms with E-state index in [9.17, 15) is 4.79 Å². The molecular formula is C13H12ClNO. The summed E-state index contributed by atoms with van der Waals surface area (Å²) in [4.78, 5) is 13.5. The third-order valence-electron chi connectivity index (χ3n) is 2.89. The van der Waals surface area contributed by atoms with E-state index < -0.39 is 0 Å². The van der Waals surface area contributed by atoms with Gasteiger partial charge in [-0.15, -0.1) is 12.3 Å². The quantitative estimate of drug-likeness (QED) is 0.683. The van der Waals surface area contributed by atoms with Crippen LogP contribution < -0.4 is 4.90 Å². The van der Waals surface area contributed by atoms with Gasteiger partial charge in [0.2, 0.25) is 5.91 Å². The van der Waals surface area contributed by atoms with Crippen molar-refractivity contribution in [2.45, 2.75) is 13.3 Å². The van der Waals surface area contributed by atoms with Crippen LogP contribution in [-0.2, 0) is 4.79 Å². The predicted octanol–water partition coefficient (Wildman–Crippen LogP) is 2.63. The molecule has 1 unspecified atom stereocenters. The standard InChI is InChI=1S/C13H12ClNO/c1-3-10-7-13(16)15(8-10)12-6-4-5-11(14)9(12)2/h1,4-6,10H,7-8H2,2H3. The van der Waals surface area contributed by atoms with Gasteiger partial charge in [0.1, 0.15) is 0 Å². The summed E-state index contributed by atoms with van der Waals surface area (Å²) in [6.45, 7) is 2.50.